The van der Waals surface area contributed by atoms with Gasteiger partial charge in [0.05, 0.1) is 24.8 Å². The fraction of sp³-hybridized carbons (Fsp3) is 0.333. The molecule has 0 radical (unpaired) electrons. The lowest BCUT2D eigenvalue weighted by Gasteiger charge is -2.25. The highest BCUT2D eigenvalue weighted by Gasteiger charge is 2.29. The average molecular weight is 334 g/mol. The monoisotopic (exact) mass is 334 g/mol. The highest BCUT2D eigenvalue weighted by molar-refractivity contribution is 5.77. The van der Waals surface area contributed by atoms with Crippen molar-refractivity contribution in [3.05, 3.63) is 65.2 Å². The molecule has 1 saturated heterocycles. The number of likely N-dealkylation sites (tertiary alicyclic amines) is 1. The van der Waals surface area contributed by atoms with Crippen LogP contribution >= 0.6 is 0 Å². The number of ether oxygens (including phenoxy) is 1. The fourth-order valence-corrected chi connectivity index (χ4v) is 3.38. The first kappa shape index (κ1) is 17.0. The summed E-state index contributed by atoms with van der Waals surface area (Å²) in [6.45, 7) is 0.822. The molecule has 0 spiro atoms. The Morgan fingerprint density at radius 3 is 2.56 bits per heavy atom. The first-order valence-electron chi connectivity index (χ1n) is 8.63. The van der Waals surface area contributed by atoms with Gasteiger partial charge < -0.3 is 9.64 Å². The summed E-state index contributed by atoms with van der Waals surface area (Å²) in [6, 6.07) is 17.7. The number of hydrogen-bond donors (Lipinski definition) is 0. The Kier molecular flexibility index (Phi) is 5.35. The van der Waals surface area contributed by atoms with Gasteiger partial charge in [-0.2, -0.15) is 5.26 Å². The number of hydrogen-bond acceptors (Lipinski definition) is 3. The molecule has 4 heteroatoms. The summed E-state index contributed by atoms with van der Waals surface area (Å²) >= 11 is 0. The second kappa shape index (κ2) is 7.85. The second-order valence-corrected chi connectivity index (χ2v) is 6.33. The number of nitrogens with zero attached hydrogens (tertiary/aromatic N) is 2. The number of carbonyl (C=O) groups excluding carboxylic acids is 1. The number of aryl methyl sites for hydroxylation is 1. The number of carbonyl (C=O) groups is 1. The minimum Gasteiger partial charge on any atom is -0.497 e. The van der Waals surface area contributed by atoms with Crippen molar-refractivity contribution in [2.24, 2.45) is 0 Å². The van der Waals surface area contributed by atoms with Gasteiger partial charge in [-0.3, -0.25) is 4.79 Å². The molecule has 1 aliphatic heterocycles. The molecule has 1 fully saturated rings. The van der Waals surface area contributed by atoms with Crippen molar-refractivity contribution < 1.29 is 9.53 Å². The van der Waals surface area contributed by atoms with E-state index in [2.05, 4.69) is 18.2 Å². The van der Waals surface area contributed by atoms with Crippen LogP contribution in [-0.4, -0.2) is 24.5 Å². The lowest BCUT2D eigenvalue weighted by Crippen LogP contribution is -2.30. The maximum absolute atomic E-state index is 12.7. The van der Waals surface area contributed by atoms with Crippen LogP contribution in [0.25, 0.3) is 0 Å². The zero-order valence-electron chi connectivity index (χ0n) is 14.4. The van der Waals surface area contributed by atoms with Crippen LogP contribution in [-0.2, 0) is 11.2 Å². The number of methoxy groups -OCH3 is 1. The molecule has 0 saturated carbocycles. The number of benzene rings is 2. The molecular formula is C21H22N2O2. The summed E-state index contributed by atoms with van der Waals surface area (Å²) < 4.78 is 5.21. The molecule has 0 aromatic heterocycles. The SMILES string of the molecule is COc1ccc([C@H]2CCCN2C(=O)CCc2ccc(C#N)cc2)cc1. The Balaban J connectivity index is 1.62. The molecule has 0 bridgehead atoms. The van der Waals surface area contributed by atoms with Gasteiger partial charge in [-0.25, -0.2) is 0 Å². The van der Waals surface area contributed by atoms with Crippen LogP contribution in [0.2, 0.25) is 0 Å². The maximum atomic E-state index is 12.7. The van der Waals surface area contributed by atoms with Gasteiger partial charge in [0, 0.05) is 13.0 Å². The molecule has 0 aliphatic carbocycles. The molecule has 128 valence electrons. The fourth-order valence-electron chi connectivity index (χ4n) is 3.38. The van der Waals surface area contributed by atoms with Crippen LogP contribution in [0.15, 0.2) is 48.5 Å². The van der Waals surface area contributed by atoms with E-state index in [-0.39, 0.29) is 11.9 Å². The molecule has 2 aromatic rings. The number of nitriles is 1. The normalized spacial score (nSPS) is 16.5. The van der Waals surface area contributed by atoms with Gasteiger partial charge in [0.15, 0.2) is 0 Å². The van der Waals surface area contributed by atoms with E-state index in [9.17, 15) is 4.79 Å². The Morgan fingerprint density at radius 1 is 1.20 bits per heavy atom. The van der Waals surface area contributed by atoms with Crippen molar-refractivity contribution >= 4 is 5.91 Å². The van der Waals surface area contributed by atoms with Crippen molar-refractivity contribution in [2.45, 2.75) is 31.7 Å². The van der Waals surface area contributed by atoms with Gasteiger partial charge in [-0.1, -0.05) is 24.3 Å². The van der Waals surface area contributed by atoms with Crippen LogP contribution in [0.1, 0.15) is 42.0 Å². The highest BCUT2D eigenvalue weighted by Crippen LogP contribution is 2.33. The van der Waals surface area contributed by atoms with Crippen LogP contribution in [0.4, 0.5) is 0 Å². The molecule has 1 amide bonds. The molecule has 1 heterocycles. The van der Waals surface area contributed by atoms with Crippen LogP contribution in [0.3, 0.4) is 0 Å². The van der Waals surface area contributed by atoms with Crippen molar-refractivity contribution in [1.82, 2.24) is 4.90 Å². The lowest BCUT2D eigenvalue weighted by atomic mass is 10.0. The Morgan fingerprint density at radius 2 is 1.92 bits per heavy atom. The summed E-state index contributed by atoms with van der Waals surface area (Å²) in [5.74, 6) is 1.03. The van der Waals surface area contributed by atoms with E-state index >= 15 is 0 Å². The van der Waals surface area contributed by atoms with Crippen molar-refractivity contribution in [2.75, 3.05) is 13.7 Å². The third-order valence-electron chi connectivity index (χ3n) is 4.78. The molecule has 1 atom stereocenters. The summed E-state index contributed by atoms with van der Waals surface area (Å²) in [6.07, 6.45) is 3.25. The summed E-state index contributed by atoms with van der Waals surface area (Å²) in [7, 11) is 1.66. The Labute approximate surface area is 148 Å². The van der Waals surface area contributed by atoms with Crippen molar-refractivity contribution in [3.63, 3.8) is 0 Å². The van der Waals surface area contributed by atoms with Gasteiger partial charge in [-0.05, 0) is 54.7 Å². The minimum absolute atomic E-state index is 0.166. The topological polar surface area (TPSA) is 53.3 Å². The van der Waals surface area contributed by atoms with E-state index in [1.165, 1.54) is 5.56 Å². The summed E-state index contributed by atoms with van der Waals surface area (Å²) in [4.78, 5) is 14.7. The summed E-state index contributed by atoms with van der Waals surface area (Å²) in [5.41, 5.74) is 2.91. The largest absolute Gasteiger partial charge is 0.497 e. The molecule has 0 N–H and O–H groups in total. The van der Waals surface area contributed by atoms with Crippen LogP contribution < -0.4 is 4.74 Å². The third-order valence-corrected chi connectivity index (χ3v) is 4.78. The van der Waals surface area contributed by atoms with Gasteiger partial charge in [-0.15, -0.1) is 0 Å². The summed E-state index contributed by atoms with van der Waals surface area (Å²) in [5, 5.41) is 8.84. The van der Waals surface area contributed by atoms with E-state index in [4.69, 9.17) is 10.00 Å². The van der Waals surface area contributed by atoms with Gasteiger partial charge in [0.1, 0.15) is 5.75 Å². The lowest BCUT2D eigenvalue weighted by molar-refractivity contribution is -0.132. The van der Waals surface area contributed by atoms with Crippen LogP contribution in [0, 0.1) is 11.3 Å². The first-order valence-corrected chi connectivity index (χ1v) is 8.63. The predicted molar refractivity (Wildman–Crippen MR) is 96.2 cm³/mol. The molecule has 4 nitrogen and oxygen atoms in total. The van der Waals surface area contributed by atoms with Crippen molar-refractivity contribution in [3.8, 4) is 11.8 Å². The maximum Gasteiger partial charge on any atom is 0.223 e. The van der Waals surface area contributed by atoms with E-state index in [1.807, 2.05) is 29.2 Å². The number of rotatable bonds is 5. The third kappa shape index (κ3) is 4.00. The highest BCUT2D eigenvalue weighted by atomic mass is 16.5. The zero-order valence-corrected chi connectivity index (χ0v) is 14.4. The standard InChI is InChI=1S/C21H22N2O2/c1-25-19-11-9-18(10-12-19)20-3-2-14-23(20)21(24)13-8-16-4-6-17(15-22)7-5-16/h4-7,9-12,20H,2-3,8,13-14H2,1H3/t20-/m1/s1. The molecule has 25 heavy (non-hydrogen) atoms. The quantitative estimate of drug-likeness (QED) is 0.834. The molecular weight excluding hydrogens is 312 g/mol. The van der Waals surface area contributed by atoms with Crippen LogP contribution in [0.5, 0.6) is 5.75 Å². The van der Waals surface area contributed by atoms with E-state index in [0.717, 1.165) is 30.7 Å². The molecule has 2 aromatic carbocycles. The number of amides is 1. The Hall–Kier alpha value is -2.80. The smallest absolute Gasteiger partial charge is 0.223 e. The molecule has 3 rings (SSSR count). The van der Waals surface area contributed by atoms with Gasteiger partial charge >= 0.3 is 0 Å². The molecule has 1 aliphatic rings. The first-order chi connectivity index (χ1) is 12.2. The predicted octanol–water partition coefficient (Wildman–Crippen LogP) is 3.86. The van der Waals surface area contributed by atoms with E-state index in [0.29, 0.717) is 18.4 Å². The molecule has 0 unspecified atom stereocenters. The van der Waals surface area contributed by atoms with E-state index < -0.39 is 0 Å². The zero-order chi connectivity index (χ0) is 17.6. The Bertz CT molecular complexity index is 760. The minimum atomic E-state index is 0.166. The van der Waals surface area contributed by atoms with E-state index in [1.54, 1.807) is 19.2 Å². The average Bonchev–Trinajstić information content (AvgIpc) is 3.16. The van der Waals surface area contributed by atoms with Gasteiger partial charge in [0.2, 0.25) is 5.91 Å². The van der Waals surface area contributed by atoms with Gasteiger partial charge in [0.25, 0.3) is 0 Å². The van der Waals surface area contributed by atoms with Crippen molar-refractivity contribution in [1.29, 1.82) is 5.26 Å². The second-order valence-electron chi connectivity index (χ2n) is 6.33.